The molecule has 0 amide bonds. The van der Waals surface area contributed by atoms with Gasteiger partial charge in [0.05, 0.1) is 31.0 Å². The van der Waals surface area contributed by atoms with Gasteiger partial charge in [0.2, 0.25) is 10.0 Å². The highest BCUT2D eigenvalue weighted by Gasteiger charge is 2.24. The number of sulfonamides is 2. The summed E-state index contributed by atoms with van der Waals surface area (Å²) in [4.78, 5) is 2.72. The Bertz CT molecular complexity index is 1720. The van der Waals surface area contributed by atoms with Crippen molar-refractivity contribution in [2.24, 2.45) is 0 Å². The van der Waals surface area contributed by atoms with Gasteiger partial charge >= 0.3 is 0 Å². The molecule has 4 aromatic rings. The minimum absolute atomic E-state index is 0.0718. The largest absolute Gasteiger partial charge is 0.486 e. The molecule has 2 heterocycles. The number of halogens is 2. The second-order valence-corrected chi connectivity index (χ2v) is 12.8. The quantitative estimate of drug-likeness (QED) is 0.248. The zero-order valence-corrected chi connectivity index (χ0v) is 23.1. The second kappa shape index (κ2) is 10.3. The van der Waals surface area contributed by atoms with Gasteiger partial charge in [-0.1, -0.05) is 36.2 Å². The van der Waals surface area contributed by atoms with E-state index in [1.165, 1.54) is 42.6 Å². The number of benzene rings is 3. The van der Waals surface area contributed by atoms with Crippen molar-refractivity contribution in [2.45, 2.75) is 29.2 Å². The van der Waals surface area contributed by atoms with E-state index in [4.69, 9.17) is 32.7 Å². The lowest BCUT2D eigenvalue weighted by molar-refractivity contribution is 0.171. The van der Waals surface area contributed by atoms with Crippen LogP contribution in [0, 0.1) is 0 Å². The van der Waals surface area contributed by atoms with E-state index in [-0.39, 0.29) is 15.5 Å². The summed E-state index contributed by atoms with van der Waals surface area (Å²) < 4.78 is 68.7. The van der Waals surface area contributed by atoms with Crippen molar-refractivity contribution in [3.63, 3.8) is 0 Å². The van der Waals surface area contributed by atoms with Crippen molar-refractivity contribution < 1.29 is 26.3 Å². The molecule has 0 saturated heterocycles. The van der Waals surface area contributed by atoms with Gasteiger partial charge < -0.3 is 14.5 Å². The second-order valence-electron chi connectivity index (χ2n) is 8.54. The van der Waals surface area contributed by atoms with Gasteiger partial charge in [0.15, 0.2) is 11.5 Å². The van der Waals surface area contributed by atoms with Crippen LogP contribution in [0.4, 0.5) is 5.69 Å². The molecule has 1 unspecified atom stereocenters. The Morgan fingerprint density at radius 1 is 0.868 bits per heavy atom. The van der Waals surface area contributed by atoms with Gasteiger partial charge in [-0.3, -0.25) is 4.72 Å². The summed E-state index contributed by atoms with van der Waals surface area (Å²) in [6, 6.07) is 12.8. The molecule has 38 heavy (non-hydrogen) atoms. The Balaban J connectivity index is 1.36. The van der Waals surface area contributed by atoms with Crippen molar-refractivity contribution in [3.05, 3.63) is 76.4 Å². The summed E-state index contributed by atoms with van der Waals surface area (Å²) in [7, 11) is -8.01. The van der Waals surface area contributed by atoms with Crippen LogP contribution in [0.2, 0.25) is 10.0 Å². The lowest BCUT2D eigenvalue weighted by Crippen LogP contribution is -2.28. The number of hydrogen-bond donors (Lipinski definition) is 3. The summed E-state index contributed by atoms with van der Waals surface area (Å²) in [6.07, 6.45) is 1.99. The average molecular weight is 597 g/mol. The van der Waals surface area contributed by atoms with Crippen molar-refractivity contribution in [3.8, 4) is 11.5 Å². The van der Waals surface area contributed by atoms with Gasteiger partial charge in [0.1, 0.15) is 13.2 Å². The van der Waals surface area contributed by atoms with Crippen molar-refractivity contribution in [1.82, 2.24) is 9.71 Å². The Labute approximate surface area is 230 Å². The Hall–Kier alpha value is -2.96. The molecular weight excluding hydrogens is 573 g/mol. The van der Waals surface area contributed by atoms with Crippen LogP contribution in [0.15, 0.2) is 70.6 Å². The summed E-state index contributed by atoms with van der Waals surface area (Å²) in [5.41, 5.74) is 1.40. The Kier molecular flexibility index (Phi) is 7.23. The molecule has 0 bridgehead atoms. The number of aromatic nitrogens is 1. The van der Waals surface area contributed by atoms with E-state index in [1.807, 2.05) is 6.92 Å². The number of hydrogen-bond acceptors (Lipinski definition) is 6. The highest BCUT2D eigenvalue weighted by Crippen LogP contribution is 2.36. The molecule has 3 N–H and O–H groups in total. The van der Waals surface area contributed by atoms with E-state index < -0.39 is 26.1 Å². The summed E-state index contributed by atoms with van der Waals surface area (Å²) in [5.74, 6) is 1.18. The van der Waals surface area contributed by atoms with Gasteiger partial charge in [0, 0.05) is 17.6 Å². The molecule has 1 atom stereocenters. The SMILES string of the molecule is CCC(NS(=O)(=O)c1ccc(S(=O)(=O)Nc2ccc(Cl)c3c(Cl)c[nH]c23)cc1)c1ccc2c(c1)OCCO2. The van der Waals surface area contributed by atoms with Crippen LogP contribution < -0.4 is 18.9 Å². The molecule has 1 aliphatic rings. The summed E-state index contributed by atoms with van der Waals surface area (Å²) >= 11 is 12.3. The highest BCUT2D eigenvalue weighted by molar-refractivity contribution is 7.92. The average Bonchev–Trinajstić information content (AvgIpc) is 3.31. The summed E-state index contributed by atoms with van der Waals surface area (Å²) in [6.45, 7) is 2.74. The van der Waals surface area contributed by atoms with Crippen LogP contribution in [0.25, 0.3) is 10.9 Å². The minimum Gasteiger partial charge on any atom is -0.486 e. The van der Waals surface area contributed by atoms with E-state index in [0.29, 0.717) is 52.1 Å². The van der Waals surface area contributed by atoms with E-state index in [1.54, 1.807) is 18.2 Å². The van der Waals surface area contributed by atoms with Crippen molar-refractivity contribution in [1.29, 1.82) is 0 Å². The first-order chi connectivity index (χ1) is 18.1. The van der Waals surface area contributed by atoms with Gasteiger partial charge in [-0.25, -0.2) is 21.6 Å². The normalized spacial score (nSPS) is 14.4. The molecule has 0 spiro atoms. The molecule has 5 rings (SSSR count). The molecule has 1 aliphatic heterocycles. The molecular formula is C25H23Cl2N3O6S2. The van der Waals surface area contributed by atoms with E-state index in [2.05, 4.69) is 14.4 Å². The lowest BCUT2D eigenvalue weighted by Gasteiger charge is -2.22. The Morgan fingerprint density at radius 3 is 2.21 bits per heavy atom. The molecule has 13 heteroatoms. The number of ether oxygens (including phenoxy) is 2. The lowest BCUT2D eigenvalue weighted by atomic mass is 10.0. The molecule has 9 nitrogen and oxygen atoms in total. The molecule has 1 aromatic heterocycles. The number of rotatable bonds is 8. The fourth-order valence-electron chi connectivity index (χ4n) is 4.17. The van der Waals surface area contributed by atoms with E-state index in [0.717, 1.165) is 5.56 Å². The van der Waals surface area contributed by atoms with Crippen LogP contribution in [0.5, 0.6) is 11.5 Å². The van der Waals surface area contributed by atoms with Crippen molar-refractivity contribution >= 4 is 59.8 Å². The topological polar surface area (TPSA) is 127 Å². The molecule has 3 aromatic carbocycles. The Morgan fingerprint density at radius 2 is 1.53 bits per heavy atom. The van der Waals surface area contributed by atoms with Gasteiger partial charge in [-0.05, 0) is 60.5 Å². The maximum Gasteiger partial charge on any atom is 0.261 e. The van der Waals surface area contributed by atoms with E-state index in [9.17, 15) is 16.8 Å². The maximum atomic E-state index is 13.1. The maximum absolute atomic E-state index is 13.1. The fourth-order valence-corrected chi connectivity index (χ4v) is 7.11. The molecule has 0 radical (unpaired) electrons. The minimum atomic E-state index is -4.05. The first-order valence-electron chi connectivity index (χ1n) is 11.6. The number of nitrogens with one attached hydrogen (secondary N) is 3. The van der Waals surface area contributed by atoms with Crippen LogP contribution >= 0.6 is 23.2 Å². The smallest absolute Gasteiger partial charge is 0.261 e. The highest BCUT2D eigenvalue weighted by atomic mass is 35.5. The number of H-pyrrole nitrogens is 1. The predicted molar refractivity (Wildman–Crippen MR) is 146 cm³/mol. The third-order valence-corrected chi connectivity index (χ3v) is 9.58. The number of aromatic amines is 1. The standard InChI is InChI=1S/C25H23Cl2N3O6S2/c1-2-20(15-3-10-22-23(13-15)36-12-11-35-22)29-37(31,32)16-4-6-17(7-5-16)38(33,34)30-21-9-8-18(26)24-19(27)14-28-25(21)24/h3-10,13-14,20,28-30H,2,11-12H2,1H3. The first-order valence-corrected chi connectivity index (χ1v) is 15.3. The zero-order valence-electron chi connectivity index (χ0n) is 20.0. The first kappa shape index (κ1) is 26.6. The summed E-state index contributed by atoms with van der Waals surface area (Å²) in [5, 5.41) is 1.22. The molecule has 0 aliphatic carbocycles. The number of anilines is 1. The van der Waals surface area contributed by atoms with Gasteiger partial charge in [-0.2, -0.15) is 0 Å². The monoisotopic (exact) mass is 595 g/mol. The van der Waals surface area contributed by atoms with E-state index >= 15 is 0 Å². The third kappa shape index (κ3) is 5.16. The van der Waals surface area contributed by atoms with Crippen LogP contribution in [0.1, 0.15) is 24.9 Å². The predicted octanol–water partition coefficient (Wildman–Crippen LogP) is 5.48. The van der Waals surface area contributed by atoms with Crippen LogP contribution in [0.3, 0.4) is 0 Å². The van der Waals surface area contributed by atoms with Crippen molar-refractivity contribution in [2.75, 3.05) is 17.9 Å². The van der Waals surface area contributed by atoms with Crippen LogP contribution in [-0.2, 0) is 20.0 Å². The molecule has 200 valence electrons. The van der Waals surface area contributed by atoms with Gasteiger partial charge in [-0.15, -0.1) is 0 Å². The molecule has 0 saturated carbocycles. The zero-order chi connectivity index (χ0) is 27.1. The number of fused-ring (bicyclic) bond motifs is 2. The molecule has 0 fully saturated rings. The van der Waals surface area contributed by atoms with Gasteiger partial charge in [0.25, 0.3) is 10.0 Å². The third-order valence-electron chi connectivity index (χ3n) is 6.10. The van der Waals surface area contributed by atoms with Crippen LogP contribution in [-0.4, -0.2) is 35.0 Å². The fraction of sp³-hybridized carbons (Fsp3) is 0.200.